The standard InChI is InChI=1S/C30H44N4O7/c1-5-21(18-35)34-25(27(37)31-11-12-33-13-15-39-16-14-33)30-17-19(3)29(4,41-30)23(24(30)28(34)38)26(36)32-20-7-9-22(10-8-20)40-6-2/h7-10,19,21,23-25,35H,5-6,11-18H2,1-4H3,(H,31,37)(H,32,36)/t19?,21-,23-,24-,25?,29+,30?/m0/s1. The van der Waals surface area contributed by atoms with Crippen LogP contribution in [0.5, 0.6) is 5.75 Å². The Hall–Kier alpha value is -2.73. The van der Waals surface area contributed by atoms with Crippen molar-refractivity contribution < 1.29 is 33.7 Å². The Labute approximate surface area is 241 Å². The minimum atomic E-state index is -1.16. The maximum absolute atomic E-state index is 14.2. The monoisotopic (exact) mass is 572 g/mol. The summed E-state index contributed by atoms with van der Waals surface area (Å²) in [6.07, 6.45) is 0.950. The fourth-order valence-electron chi connectivity index (χ4n) is 7.46. The maximum Gasteiger partial charge on any atom is 0.245 e. The van der Waals surface area contributed by atoms with Crippen LogP contribution in [0.2, 0.25) is 0 Å². The number of anilines is 1. The third-order valence-electron chi connectivity index (χ3n) is 9.62. The molecule has 4 aliphatic rings. The molecule has 11 nitrogen and oxygen atoms in total. The molecule has 4 fully saturated rings. The lowest BCUT2D eigenvalue weighted by molar-refractivity contribution is -0.150. The Bertz CT molecular complexity index is 1120. The molecule has 1 spiro atoms. The zero-order valence-electron chi connectivity index (χ0n) is 24.6. The van der Waals surface area contributed by atoms with Crippen molar-refractivity contribution >= 4 is 23.4 Å². The Balaban J connectivity index is 1.42. The van der Waals surface area contributed by atoms with Gasteiger partial charge in [0.25, 0.3) is 0 Å². The van der Waals surface area contributed by atoms with Gasteiger partial charge in [0.15, 0.2) is 0 Å². The Morgan fingerprint density at radius 3 is 2.51 bits per heavy atom. The Kier molecular flexibility index (Phi) is 8.61. The molecule has 3 N–H and O–H groups in total. The first kappa shape index (κ1) is 29.8. The number of carbonyl (C=O) groups is 3. The van der Waals surface area contributed by atoms with Gasteiger partial charge in [-0.1, -0.05) is 13.8 Å². The summed E-state index contributed by atoms with van der Waals surface area (Å²) in [4.78, 5) is 45.9. The topological polar surface area (TPSA) is 130 Å². The first-order chi connectivity index (χ1) is 19.7. The van der Waals surface area contributed by atoms with Crippen molar-refractivity contribution in [2.45, 2.75) is 63.8 Å². The second kappa shape index (κ2) is 11.9. The number of rotatable bonds is 11. The van der Waals surface area contributed by atoms with Crippen molar-refractivity contribution in [2.75, 3.05) is 57.9 Å². The van der Waals surface area contributed by atoms with Gasteiger partial charge in [-0.15, -0.1) is 0 Å². The van der Waals surface area contributed by atoms with Crippen LogP contribution in [0.1, 0.15) is 40.5 Å². The fourth-order valence-corrected chi connectivity index (χ4v) is 7.46. The van der Waals surface area contributed by atoms with Gasteiger partial charge in [-0.2, -0.15) is 0 Å². The molecule has 226 valence electrons. The van der Waals surface area contributed by atoms with Crippen molar-refractivity contribution in [2.24, 2.45) is 17.8 Å². The summed E-state index contributed by atoms with van der Waals surface area (Å²) in [7, 11) is 0. The second-order valence-corrected chi connectivity index (χ2v) is 11.9. The van der Waals surface area contributed by atoms with E-state index < -0.39 is 35.1 Å². The van der Waals surface area contributed by atoms with E-state index in [9.17, 15) is 19.5 Å². The normalized spacial score (nSPS) is 33.5. The number of morpholine rings is 1. The van der Waals surface area contributed by atoms with Gasteiger partial charge in [0.2, 0.25) is 17.7 Å². The summed E-state index contributed by atoms with van der Waals surface area (Å²) in [5, 5.41) is 16.3. The molecule has 3 amide bonds. The molecule has 4 saturated heterocycles. The van der Waals surface area contributed by atoms with E-state index in [2.05, 4.69) is 15.5 Å². The van der Waals surface area contributed by atoms with Gasteiger partial charge in [0.1, 0.15) is 17.4 Å². The highest BCUT2D eigenvalue weighted by atomic mass is 16.5. The van der Waals surface area contributed by atoms with Crippen molar-refractivity contribution in [1.82, 2.24) is 15.1 Å². The van der Waals surface area contributed by atoms with Gasteiger partial charge in [0.05, 0.1) is 49.9 Å². The molecule has 0 aliphatic carbocycles. The quantitative estimate of drug-likeness (QED) is 0.362. The minimum absolute atomic E-state index is 0.0690. The van der Waals surface area contributed by atoms with Crippen LogP contribution in [0.4, 0.5) is 5.69 Å². The van der Waals surface area contributed by atoms with E-state index in [4.69, 9.17) is 14.2 Å². The van der Waals surface area contributed by atoms with Gasteiger partial charge >= 0.3 is 0 Å². The van der Waals surface area contributed by atoms with Crippen molar-refractivity contribution in [3.05, 3.63) is 24.3 Å². The molecule has 1 aromatic rings. The van der Waals surface area contributed by atoms with E-state index >= 15 is 0 Å². The predicted molar refractivity (Wildman–Crippen MR) is 151 cm³/mol. The maximum atomic E-state index is 14.2. The van der Waals surface area contributed by atoms with Crippen LogP contribution in [0.25, 0.3) is 0 Å². The van der Waals surface area contributed by atoms with E-state index in [0.29, 0.717) is 57.2 Å². The zero-order chi connectivity index (χ0) is 29.4. The van der Waals surface area contributed by atoms with Crippen LogP contribution in [0.15, 0.2) is 24.3 Å². The third kappa shape index (κ3) is 5.11. The number of ether oxygens (including phenoxy) is 3. The number of hydrogen-bond acceptors (Lipinski definition) is 8. The molecule has 0 saturated carbocycles. The number of benzene rings is 1. The van der Waals surface area contributed by atoms with Crippen molar-refractivity contribution in [1.29, 1.82) is 0 Å². The molecular formula is C30H44N4O7. The summed E-state index contributed by atoms with van der Waals surface area (Å²) in [6.45, 7) is 12.0. The minimum Gasteiger partial charge on any atom is -0.494 e. The average Bonchev–Trinajstić information content (AvgIpc) is 3.48. The van der Waals surface area contributed by atoms with Crippen molar-refractivity contribution in [3.8, 4) is 5.75 Å². The van der Waals surface area contributed by atoms with Crippen molar-refractivity contribution in [3.63, 3.8) is 0 Å². The summed E-state index contributed by atoms with van der Waals surface area (Å²) in [5.41, 5.74) is -1.49. The lowest BCUT2D eigenvalue weighted by atomic mass is 9.62. The second-order valence-electron chi connectivity index (χ2n) is 11.9. The highest BCUT2D eigenvalue weighted by molar-refractivity contribution is 6.02. The SMILES string of the molecule is CCOc1ccc(NC(=O)[C@@H]2[C@H]3C(=O)N([C@@H](CC)CO)C(C(=O)NCCN4CCOCC4)C34CC(C)[C@@]2(C)O4)cc1. The summed E-state index contributed by atoms with van der Waals surface area (Å²) < 4.78 is 17.7. The highest BCUT2D eigenvalue weighted by Gasteiger charge is 2.80. The number of nitrogens with zero attached hydrogens (tertiary/aromatic N) is 2. The first-order valence-electron chi connectivity index (χ1n) is 14.9. The molecule has 1 aromatic carbocycles. The third-order valence-corrected chi connectivity index (χ3v) is 9.62. The fraction of sp³-hybridized carbons (Fsp3) is 0.700. The van der Waals surface area contributed by atoms with Gasteiger partial charge in [-0.3, -0.25) is 19.3 Å². The molecule has 7 atom stereocenters. The van der Waals surface area contributed by atoms with Crippen LogP contribution in [0, 0.1) is 17.8 Å². The molecule has 4 heterocycles. The number of aliphatic hydroxyl groups excluding tert-OH is 1. The van der Waals surface area contributed by atoms with Crippen LogP contribution < -0.4 is 15.4 Å². The van der Waals surface area contributed by atoms with Gasteiger partial charge < -0.3 is 34.9 Å². The first-order valence-corrected chi connectivity index (χ1v) is 14.9. The van der Waals surface area contributed by atoms with Gasteiger partial charge in [-0.05, 0) is 56.9 Å². The molecule has 4 aliphatic heterocycles. The van der Waals surface area contributed by atoms with E-state index in [-0.39, 0.29) is 30.2 Å². The Morgan fingerprint density at radius 1 is 1.17 bits per heavy atom. The van der Waals surface area contributed by atoms with E-state index in [1.54, 1.807) is 24.3 Å². The molecule has 11 heteroatoms. The zero-order valence-corrected chi connectivity index (χ0v) is 24.6. The summed E-state index contributed by atoms with van der Waals surface area (Å²) in [6, 6.07) is 5.62. The predicted octanol–water partition coefficient (Wildman–Crippen LogP) is 1.25. The van der Waals surface area contributed by atoms with E-state index in [0.717, 1.165) is 13.1 Å². The number of fused-ring (bicyclic) bond motifs is 1. The smallest absolute Gasteiger partial charge is 0.245 e. The number of hydrogen-bond donors (Lipinski definition) is 3. The van der Waals surface area contributed by atoms with Crippen LogP contribution >= 0.6 is 0 Å². The number of carbonyl (C=O) groups excluding carboxylic acids is 3. The molecule has 0 aromatic heterocycles. The lowest BCUT2D eigenvalue weighted by Crippen LogP contribution is -2.58. The largest absolute Gasteiger partial charge is 0.494 e. The van der Waals surface area contributed by atoms with Crippen LogP contribution in [0.3, 0.4) is 0 Å². The molecule has 41 heavy (non-hydrogen) atoms. The molecule has 5 rings (SSSR count). The summed E-state index contributed by atoms with van der Waals surface area (Å²) in [5.74, 6) is -1.91. The molecular weight excluding hydrogens is 528 g/mol. The molecule has 2 bridgehead atoms. The number of amides is 3. The number of likely N-dealkylation sites (tertiary alicyclic amines) is 1. The van der Waals surface area contributed by atoms with Gasteiger partial charge in [0, 0.05) is 31.9 Å². The lowest BCUT2D eigenvalue weighted by Gasteiger charge is -2.37. The molecule has 3 unspecified atom stereocenters. The Morgan fingerprint density at radius 2 is 1.88 bits per heavy atom. The number of nitrogens with one attached hydrogen (secondary N) is 2. The van der Waals surface area contributed by atoms with E-state index in [1.807, 2.05) is 27.7 Å². The number of aliphatic hydroxyl groups is 1. The molecule has 0 radical (unpaired) electrons. The highest BCUT2D eigenvalue weighted by Crippen LogP contribution is 2.65. The van der Waals surface area contributed by atoms with Gasteiger partial charge in [-0.25, -0.2) is 0 Å². The summed E-state index contributed by atoms with van der Waals surface area (Å²) >= 11 is 0. The average molecular weight is 573 g/mol. The van der Waals surface area contributed by atoms with E-state index in [1.165, 1.54) is 4.90 Å². The van der Waals surface area contributed by atoms with Crippen LogP contribution in [-0.4, -0.2) is 109 Å². The van der Waals surface area contributed by atoms with Crippen LogP contribution in [-0.2, 0) is 23.9 Å².